The third-order valence-corrected chi connectivity index (χ3v) is 2.37. The van der Waals surface area contributed by atoms with E-state index in [0.29, 0.717) is 0 Å². The van der Waals surface area contributed by atoms with E-state index in [-0.39, 0.29) is 5.56 Å². The summed E-state index contributed by atoms with van der Waals surface area (Å²) < 4.78 is 24.9. The molecule has 0 bridgehead atoms. The lowest BCUT2D eigenvalue weighted by Gasteiger charge is -2.22. The van der Waals surface area contributed by atoms with Crippen molar-refractivity contribution in [2.75, 3.05) is 0 Å². The first kappa shape index (κ1) is 11.1. The second-order valence-electron chi connectivity index (χ2n) is 3.50. The molecule has 0 amide bonds. The van der Waals surface area contributed by atoms with Crippen LogP contribution in [0.1, 0.15) is 25.0 Å². The summed E-state index contributed by atoms with van der Waals surface area (Å²) in [5.41, 5.74) is -0.727. The van der Waals surface area contributed by atoms with Gasteiger partial charge >= 0.3 is 0 Å². The molecule has 1 nitrogen and oxygen atoms in total. The van der Waals surface area contributed by atoms with Crippen molar-refractivity contribution in [3.05, 3.63) is 35.4 Å². The van der Waals surface area contributed by atoms with Gasteiger partial charge in [-0.05, 0) is 24.5 Å². The largest absolute Gasteiger partial charge is 0.379 e. The predicted octanol–water partition coefficient (Wildman–Crippen LogP) is 2.72. The third kappa shape index (κ3) is 2.10. The molecule has 1 rings (SSSR count). The van der Waals surface area contributed by atoms with Gasteiger partial charge in [0, 0.05) is 0 Å². The Kier molecular flexibility index (Phi) is 3.21. The monoisotopic (exact) mass is 200 g/mol. The van der Waals surface area contributed by atoms with E-state index in [1.165, 1.54) is 0 Å². The fraction of sp³-hybridized carbons (Fsp3) is 0.455. The first-order valence-corrected chi connectivity index (χ1v) is 4.58. The van der Waals surface area contributed by atoms with Crippen molar-refractivity contribution < 1.29 is 13.9 Å². The molecule has 0 aliphatic rings. The lowest BCUT2D eigenvalue weighted by atomic mass is 9.95. The highest BCUT2D eigenvalue weighted by Gasteiger charge is 2.33. The van der Waals surface area contributed by atoms with Gasteiger partial charge in [-0.3, -0.25) is 0 Å². The molecule has 0 spiro atoms. The van der Waals surface area contributed by atoms with Gasteiger partial charge in [0.05, 0.1) is 0 Å². The summed E-state index contributed by atoms with van der Waals surface area (Å²) in [5.74, 6) is 0. The Bertz CT molecular complexity index is 291. The van der Waals surface area contributed by atoms with Gasteiger partial charge in [-0.25, -0.2) is 8.78 Å². The second kappa shape index (κ2) is 4.05. The molecule has 1 aromatic carbocycles. The van der Waals surface area contributed by atoms with Crippen molar-refractivity contribution in [1.29, 1.82) is 0 Å². The maximum Gasteiger partial charge on any atom is 0.270 e. The van der Waals surface area contributed by atoms with Crippen molar-refractivity contribution in [2.24, 2.45) is 0 Å². The summed E-state index contributed by atoms with van der Waals surface area (Å²) in [6, 6.07) is 6.61. The fourth-order valence-electron chi connectivity index (χ4n) is 1.20. The minimum Gasteiger partial charge on any atom is -0.379 e. The molecule has 0 saturated heterocycles. The second-order valence-corrected chi connectivity index (χ2v) is 3.50. The highest BCUT2D eigenvalue weighted by atomic mass is 19.3. The van der Waals surface area contributed by atoms with Crippen LogP contribution in [0.3, 0.4) is 0 Å². The topological polar surface area (TPSA) is 20.2 Å². The van der Waals surface area contributed by atoms with Crippen molar-refractivity contribution in [3.63, 3.8) is 0 Å². The number of aryl methyl sites for hydroxylation is 1. The van der Waals surface area contributed by atoms with E-state index in [0.717, 1.165) is 18.9 Å². The molecule has 14 heavy (non-hydrogen) atoms. The van der Waals surface area contributed by atoms with Crippen LogP contribution in [0.5, 0.6) is 0 Å². The molecule has 0 radical (unpaired) electrons. The van der Waals surface area contributed by atoms with Crippen molar-refractivity contribution in [2.45, 2.75) is 32.3 Å². The maximum absolute atomic E-state index is 12.4. The molecule has 0 aliphatic heterocycles. The maximum atomic E-state index is 12.4. The number of halogens is 2. The van der Waals surface area contributed by atoms with Crippen molar-refractivity contribution in [1.82, 2.24) is 0 Å². The highest BCUT2D eigenvalue weighted by Crippen LogP contribution is 2.27. The molecule has 1 unspecified atom stereocenters. The van der Waals surface area contributed by atoms with E-state index >= 15 is 0 Å². The van der Waals surface area contributed by atoms with Crippen LogP contribution in [0.2, 0.25) is 0 Å². The Labute approximate surface area is 82.4 Å². The van der Waals surface area contributed by atoms with Gasteiger partial charge in [0.1, 0.15) is 5.60 Å². The zero-order valence-electron chi connectivity index (χ0n) is 8.30. The quantitative estimate of drug-likeness (QED) is 0.795. The molecule has 0 aliphatic carbocycles. The van der Waals surface area contributed by atoms with E-state index in [1.54, 1.807) is 24.3 Å². The predicted molar refractivity (Wildman–Crippen MR) is 51.4 cm³/mol. The molecule has 0 heterocycles. The summed E-state index contributed by atoms with van der Waals surface area (Å²) in [7, 11) is 0. The summed E-state index contributed by atoms with van der Waals surface area (Å²) in [4.78, 5) is 0. The van der Waals surface area contributed by atoms with Gasteiger partial charge in [-0.15, -0.1) is 0 Å². The van der Waals surface area contributed by atoms with E-state index in [9.17, 15) is 13.9 Å². The van der Waals surface area contributed by atoms with Crippen molar-refractivity contribution >= 4 is 0 Å². The smallest absolute Gasteiger partial charge is 0.270 e. The van der Waals surface area contributed by atoms with Gasteiger partial charge in [0.25, 0.3) is 6.43 Å². The highest BCUT2D eigenvalue weighted by molar-refractivity contribution is 5.27. The summed E-state index contributed by atoms with van der Waals surface area (Å²) in [5, 5.41) is 9.48. The summed E-state index contributed by atoms with van der Waals surface area (Å²) in [6.07, 6.45) is -1.91. The third-order valence-electron chi connectivity index (χ3n) is 2.37. The Morgan fingerprint density at radius 1 is 1.29 bits per heavy atom. The molecule has 3 heteroatoms. The SMILES string of the molecule is CCc1ccc(C(C)(O)C(F)F)cc1. The minimum absolute atomic E-state index is 0.254. The molecule has 1 N–H and O–H groups in total. The Hall–Kier alpha value is -0.960. The van der Waals surface area contributed by atoms with E-state index in [2.05, 4.69) is 0 Å². The van der Waals surface area contributed by atoms with Crippen molar-refractivity contribution in [3.8, 4) is 0 Å². The number of hydrogen-bond donors (Lipinski definition) is 1. The number of aliphatic hydroxyl groups is 1. The van der Waals surface area contributed by atoms with Crippen LogP contribution in [0.4, 0.5) is 8.78 Å². The molecule has 1 atom stereocenters. The standard InChI is InChI=1S/C11H14F2O/c1-3-8-4-6-9(7-5-8)11(2,14)10(12)13/h4-7,10,14H,3H2,1-2H3. The average Bonchev–Trinajstić information content (AvgIpc) is 2.17. The molecular formula is C11H14F2O. The van der Waals surface area contributed by atoms with E-state index in [4.69, 9.17) is 0 Å². The van der Waals surface area contributed by atoms with Crippen LogP contribution in [0.15, 0.2) is 24.3 Å². The van der Waals surface area contributed by atoms with Gasteiger partial charge in [-0.2, -0.15) is 0 Å². The fourth-order valence-corrected chi connectivity index (χ4v) is 1.20. The number of benzene rings is 1. The average molecular weight is 200 g/mol. The van der Waals surface area contributed by atoms with Gasteiger partial charge < -0.3 is 5.11 Å². The lowest BCUT2D eigenvalue weighted by Crippen LogP contribution is -2.30. The molecular weight excluding hydrogens is 186 g/mol. The van der Waals surface area contributed by atoms with E-state index in [1.807, 2.05) is 6.92 Å². The number of rotatable bonds is 3. The normalized spacial score (nSPS) is 15.6. The number of hydrogen-bond acceptors (Lipinski definition) is 1. The van der Waals surface area contributed by atoms with Crippen LogP contribution in [-0.2, 0) is 12.0 Å². The molecule has 0 fully saturated rings. The van der Waals surface area contributed by atoms with E-state index < -0.39 is 12.0 Å². The lowest BCUT2D eigenvalue weighted by molar-refractivity contribution is -0.0883. The zero-order valence-corrected chi connectivity index (χ0v) is 8.30. The molecule has 78 valence electrons. The zero-order chi connectivity index (χ0) is 10.8. The van der Waals surface area contributed by atoms with Crippen LogP contribution in [0, 0.1) is 0 Å². The van der Waals surface area contributed by atoms with Gasteiger partial charge in [0.2, 0.25) is 0 Å². The summed E-state index contributed by atoms with van der Waals surface area (Å²) in [6.45, 7) is 3.11. The molecule has 1 aromatic rings. The number of alkyl halides is 2. The minimum atomic E-state index is -2.77. The van der Waals surface area contributed by atoms with Crippen LogP contribution in [-0.4, -0.2) is 11.5 Å². The first-order chi connectivity index (χ1) is 6.48. The van der Waals surface area contributed by atoms with Crippen LogP contribution < -0.4 is 0 Å². The molecule has 0 aromatic heterocycles. The van der Waals surface area contributed by atoms with Gasteiger partial charge in [-0.1, -0.05) is 31.2 Å². The molecule has 0 saturated carbocycles. The Balaban J connectivity index is 2.97. The summed E-state index contributed by atoms with van der Waals surface area (Å²) >= 11 is 0. The Morgan fingerprint density at radius 2 is 1.79 bits per heavy atom. The van der Waals surface area contributed by atoms with Gasteiger partial charge in [0.15, 0.2) is 0 Å². The van der Waals surface area contributed by atoms with Crippen LogP contribution >= 0.6 is 0 Å². The Morgan fingerprint density at radius 3 is 2.14 bits per heavy atom. The van der Waals surface area contributed by atoms with Crippen LogP contribution in [0.25, 0.3) is 0 Å². The first-order valence-electron chi connectivity index (χ1n) is 4.58.